The summed E-state index contributed by atoms with van der Waals surface area (Å²) in [4.78, 5) is 27.1. The third-order valence-electron chi connectivity index (χ3n) is 4.33. The van der Waals surface area contributed by atoms with Crippen molar-refractivity contribution in [2.45, 2.75) is 31.6 Å². The largest absolute Gasteiger partial charge is 0.483 e. The molecule has 0 atom stereocenters. The zero-order valence-corrected chi connectivity index (χ0v) is 17.9. The first-order chi connectivity index (χ1) is 13.3. The summed E-state index contributed by atoms with van der Waals surface area (Å²) in [6.07, 6.45) is 1.95. The summed E-state index contributed by atoms with van der Waals surface area (Å²) in [5.41, 5.74) is 2.89. The summed E-state index contributed by atoms with van der Waals surface area (Å²) < 4.78 is 5.77. The molecule has 28 heavy (non-hydrogen) atoms. The molecule has 0 radical (unpaired) electrons. The Hall–Kier alpha value is -2.47. The van der Waals surface area contributed by atoms with E-state index in [4.69, 9.17) is 4.74 Å². The maximum atomic E-state index is 12.4. The Balaban J connectivity index is 1.93. The fraction of sp³-hybridized carbons (Fsp3) is 0.364. The van der Waals surface area contributed by atoms with Crippen LogP contribution in [0, 0.1) is 6.92 Å². The number of hydrogen-bond acceptors (Lipinski definition) is 4. The zero-order valence-electron chi connectivity index (χ0n) is 17.1. The van der Waals surface area contributed by atoms with Crippen molar-refractivity contribution in [3.8, 4) is 5.75 Å². The van der Waals surface area contributed by atoms with Gasteiger partial charge in [-0.05, 0) is 48.4 Å². The van der Waals surface area contributed by atoms with Gasteiger partial charge in [0, 0.05) is 11.9 Å². The lowest BCUT2D eigenvalue weighted by Gasteiger charge is -2.19. The van der Waals surface area contributed by atoms with Gasteiger partial charge < -0.3 is 15.0 Å². The Kier molecular flexibility index (Phi) is 7.93. The molecule has 0 bridgehead atoms. The monoisotopic (exact) mass is 400 g/mol. The number of rotatable bonds is 8. The van der Waals surface area contributed by atoms with Gasteiger partial charge in [0.05, 0.1) is 12.2 Å². The minimum atomic E-state index is -0.246. The molecule has 0 aromatic heterocycles. The molecule has 0 spiro atoms. The Labute approximate surface area is 171 Å². The summed E-state index contributed by atoms with van der Waals surface area (Å²) in [6, 6.07) is 13.6. The highest BCUT2D eigenvalue weighted by molar-refractivity contribution is 7.98. The minimum absolute atomic E-state index is 0.0320. The molecular weight excluding hydrogens is 372 g/mol. The number of carbonyl (C=O) groups is 2. The lowest BCUT2D eigenvalue weighted by molar-refractivity contribution is -0.135. The van der Waals surface area contributed by atoms with E-state index in [9.17, 15) is 9.59 Å². The zero-order chi connectivity index (χ0) is 20.7. The predicted octanol–water partition coefficient (Wildman–Crippen LogP) is 4.32. The van der Waals surface area contributed by atoms with Crippen LogP contribution in [0.2, 0.25) is 0 Å². The summed E-state index contributed by atoms with van der Waals surface area (Å²) in [5, 5.41) is 2.86. The van der Waals surface area contributed by atoms with Crippen molar-refractivity contribution in [2.24, 2.45) is 0 Å². The molecule has 2 amide bonds. The number of aryl methyl sites for hydroxylation is 1. The molecule has 5 nitrogen and oxygen atoms in total. The maximum Gasteiger partial charge on any atom is 0.260 e. The van der Waals surface area contributed by atoms with E-state index in [0.717, 1.165) is 27.5 Å². The first-order valence-corrected chi connectivity index (χ1v) is 10.4. The molecule has 1 N–H and O–H groups in total. The number of hydrogen-bond donors (Lipinski definition) is 1. The lowest BCUT2D eigenvalue weighted by atomic mass is 10.0. The van der Waals surface area contributed by atoms with Crippen molar-refractivity contribution in [3.63, 3.8) is 0 Å². The molecule has 6 heteroatoms. The molecule has 0 aliphatic rings. The van der Waals surface area contributed by atoms with Crippen molar-refractivity contribution in [1.82, 2.24) is 4.90 Å². The molecule has 0 saturated carbocycles. The predicted molar refractivity (Wildman–Crippen MR) is 115 cm³/mol. The van der Waals surface area contributed by atoms with Gasteiger partial charge in [-0.25, -0.2) is 0 Å². The number of ether oxygens (including phenoxy) is 1. The second kappa shape index (κ2) is 10.2. The van der Waals surface area contributed by atoms with Crippen molar-refractivity contribution in [2.75, 3.05) is 31.8 Å². The first-order valence-electron chi connectivity index (χ1n) is 9.22. The van der Waals surface area contributed by atoms with Crippen LogP contribution in [-0.4, -0.2) is 43.2 Å². The van der Waals surface area contributed by atoms with Crippen LogP contribution in [0.15, 0.2) is 47.4 Å². The number of thioether (sulfide) groups is 1. The summed E-state index contributed by atoms with van der Waals surface area (Å²) in [6.45, 7) is 6.02. The van der Waals surface area contributed by atoms with Gasteiger partial charge in [0.25, 0.3) is 5.91 Å². The Bertz CT molecular complexity index is 836. The second-order valence-electron chi connectivity index (χ2n) is 6.98. The van der Waals surface area contributed by atoms with Gasteiger partial charge in [0.1, 0.15) is 5.75 Å². The van der Waals surface area contributed by atoms with E-state index in [1.54, 1.807) is 18.8 Å². The third kappa shape index (κ3) is 6.02. The van der Waals surface area contributed by atoms with E-state index in [2.05, 4.69) is 19.2 Å². The molecular formula is C22H28N2O3S. The van der Waals surface area contributed by atoms with Gasteiger partial charge in [-0.15, -0.1) is 11.8 Å². The SMILES string of the molecule is CSc1ccccc1NC(=O)CN(C)C(=O)COc1cc(C)ccc1C(C)C. The number of nitrogens with one attached hydrogen (secondary N) is 1. The van der Waals surface area contributed by atoms with E-state index in [1.165, 1.54) is 4.90 Å². The standard InChI is InChI=1S/C22H28N2O3S/c1-15(2)17-11-10-16(3)12-19(17)27-14-22(26)24(4)13-21(25)23-18-8-6-7-9-20(18)28-5/h6-12,15H,13-14H2,1-5H3,(H,23,25). The Morgan fingerprint density at radius 2 is 1.89 bits per heavy atom. The Morgan fingerprint density at radius 3 is 2.57 bits per heavy atom. The molecule has 2 aromatic carbocycles. The van der Waals surface area contributed by atoms with Crippen LogP contribution in [0.5, 0.6) is 5.75 Å². The first kappa shape index (κ1) is 21.8. The van der Waals surface area contributed by atoms with Crippen LogP contribution in [0.25, 0.3) is 0 Å². The number of anilines is 1. The van der Waals surface area contributed by atoms with Crippen LogP contribution in [0.3, 0.4) is 0 Å². The fourth-order valence-electron chi connectivity index (χ4n) is 2.73. The second-order valence-corrected chi connectivity index (χ2v) is 7.83. The Morgan fingerprint density at radius 1 is 1.18 bits per heavy atom. The number of benzene rings is 2. The number of carbonyl (C=O) groups excluding carboxylic acids is 2. The molecule has 0 heterocycles. The number of para-hydroxylation sites is 1. The van der Waals surface area contributed by atoms with Crippen LogP contribution in [0.4, 0.5) is 5.69 Å². The molecule has 0 aliphatic heterocycles. The van der Waals surface area contributed by atoms with Crippen LogP contribution < -0.4 is 10.1 Å². The summed E-state index contributed by atoms with van der Waals surface area (Å²) in [7, 11) is 1.60. The molecule has 2 rings (SSSR count). The quantitative estimate of drug-likeness (QED) is 0.671. The fourth-order valence-corrected chi connectivity index (χ4v) is 3.29. The van der Waals surface area contributed by atoms with Crippen LogP contribution in [0.1, 0.15) is 30.9 Å². The lowest BCUT2D eigenvalue weighted by Crippen LogP contribution is -2.37. The van der Waals surface area contributed by atoms with Crippen molar-refractivity contribution in [1.29, 1.82) is 0 Å². The highest BCUT2D eigenvalue weighted by Gasteiger charge is 2.16. The molecule has 0 aliphatic carbocycles. The van der Waals surface area contributed by atoms with E-state index in [0.29, 0.717) is 5.92 Å². The van der Waals surface area contributed by atoms with Gasteiger partial charge in [-0.1, -0.05) is 38.1 Å². The van der Waals surface area contributed by atoms with Gasteiger partial charge in [-0.3, -0.25) is 9.59 Å². The average Bonchev–Trinajstić information content (AvgIpc) is 2.66. The smallest absolute Gasteiger partial charge is 0.260 e. The summed E-state index contributed by atoms with van der Waals surface area (Å²) >= 11 is 1.56. The molecule has 2 aromatic rings. The molecule has 0 unspecified atom stereocenters. The summed E-state index contributed by atoms with van der Waals surface area (Å²) in [5.74, 6) is 0.529. The van der Waals surface area contributed by atoms with Gasteiger partial charge in [0.15, 0.2) is 6.61 Å². The molecule has 0 saturated heterocycles. The van der Waals surface area contributed by atoms with E-state index < -0.39 is 0 Å². The average molecular weight is 401 g/mol. The molecule has 150 valence electrons. The topological polar surface area (TPSA) is 58.6 Å². The maximum absolute atomic E-state index is 12.4. The van der Waals surface area contributed by atoms with Crippen LogP contribution >= 0.6 is 11.8 Å². The normalized spacial score (nSPS) is 10.6. The highest BCUT2D eigenvalue weighted by Crippen LogP contribution is 2.27. The number of likely N-dealkylation sites (N-methyl/N-ethyl adjacent to an activating group) is 1. The van der Waals surface area contributed by atoms with E-state index in [1.807, 2.05) is 55.6 Å². The number of nitrogens with zero attached hydrogens (tertiary/aromatic N) is 1. The van der Waals surface area contributed by atoms with Crippen LogP contribution in [-0.2, 0) is 9.59 Å². The van der Waals surface area contributed by atoms with Crippen molar-refractivity contribution >= 4 is 29.3 Å². The van der Waals surface area contributed by atoms with Crippen molar-refractivity contribution in [3.05, 3.63) is 53.6 Å². The van der Waals surface area contributed by atoms with Crippen molar-refractivity contribution < 1.29 is 14.3 Å². The van der Waals surface area contributed by atoms with Gasteiger partial charge >= 0.3 is 0 Å². The van der Waals surface area contributed by atoms with E-state index in [-0.39, 0.29) is 25.0 Å². The van der Waals surface area contributed by atoms with E-state index >= 15 is 0 Å². The number of amides is 2. The van der Waals surface area contributed by atoms with Gasteiger partial charge in [-0.2, -0.15) is 0 Å². The minimum Gasteiger partial charge on any atom is -0.483 e. The third-order valence-corrected chi connectivity index (χ3v) is 5.13. The highest BCUT2D eigenvalue weighted by atomic mass is 32.2. The van der Waals surface area contributed by atoms with Gasteiger partial charge in [0.2, 0.25) is 5.91 Å². The molecule has 0 fully saturated rings.